The lowest BCUT2D eigenvalue weighted by molar-refractivity contribution is 0.112. The molecule has 0 amide bonds. The van der Waals surface area contributed by atoms with Crippen molar-refractivity contribution in [1.29, 1.82) is 0 Å². The predicted octanol–water partition coefficient (Wildman–Crippen LogP) is 3.49. The van der Waals surface area contributed by atoms with E-state index in [-0.39, 0.29) is 0 Å². The molecule has 0 aromatic heterocycles. The van der Waals surface area contributed by atoms with Crippen LogP contribution in [-0.2, 0) is 0 Å². The molecule has 0 aliphatic carbocycles. The van der Waals surface area contributed by atoms with Crippen molar-refractivity contribution in [3.8, 4) is 22.6 Å². The van der Waals surface area contributed by atoms with Gasteiger partial charge < -0.3 is 9.47 Å². The van der Waals surface area contributed by atoms with Gasteiger partial charge in [0.1, 0.15) is 11.5 Å². The number of ether oxygens (including phenoxy) is 2. The number of methoxy groups -OCH3 is 2. The average Bonchev–Trinajstić information content (AvgIpc) is 2.47. The number of aldehydes is 1. The molecule has 0 unspecified atom stereocenters. The fraction of sp³-hybridized carbons (Fsp3) is 0.188. The molecule has 0 bridgehead atoms. The van der Waals surface area contributed by atoms with Crippen molar-refractivity contribution >= 4 is 6.29 Å². The summed E-state index contributed by atoms with van der Waals surface area (Å²) in [6, 6.07) is 11.6. The molecule has 2 rings (SSSR count). The van der Waals surface area contributed by atoms with Crippen LogP contribution in [0.3, 0.4) is 0 Å². The number of hydrogen-bond donors (Lipinski definition) is 0. The second kappa shape index (κ2) is 5.57. The number of benzene rings is 2. The Morgan fingerprint density at radius 2 is 1.74 bits per heavy atom. The zero-order chi connectivity index (χ0) is 13.8. The zero-order valence-electron chi connectivity index (χ0n) is 11.3. The quantitative estimate of drug-likeness (QED) is 0.785. The molecular weight excluding hydrogens is 240 g/mol. The van der Waals surface area contributed by atoms with Gasteiger partial charge in [-0.25, -0.2) is 0 Å². The lowest BCUT2D eigenvalue weighted by atomic mass is 9.96. The molecule has 0 N–H and O–H groups in total. The molecule has 3 heteroatoms. The molecule has 0 aliphatic heterocycles. The minimum Gasteiger partial charge on any atom is -0.496 e. The van der Waals surface area contributed by atoms with Crippen LogP contribution >= 0.6 is 0 Å². The maximum atomic E-state index is 11.4. The van der Waals surface area contributed by atoms with E-state index < -0.39 is 0 Å². The Balaban J connectivity index is 2.76. The Morgan fingerprint density at radius 3 is 2.26 bits per heavy atom. The number of carbonyl (C=O) groups is 1. The van der Waals surface area contributed by atoms with Crippen LogP contribution in [0.2, 0.25) is 0 Å². The third kappa shape index (κ3) is 2.32. The third-order valence-corrected chi connectivity index (χ3v) is 3.15. The Kier molecular flexibility index (Phi) is 3.85. The Morgan fingerprint density at radius 1 is 1.05 bits per heavy atom. The van der Waals surface area contributed by atoms with Crippen LogP contribution in [0.5, 0.6) is 11.5 Å². The summed E-state index contributed by atoms with van der Waals surface area (Å²) in [4.78, 5) is 11.4. The first-order valence-corrected chi connectivity index (χ1v) is 5.99. The van der Waals surface area contributed by atoms with Crippen molar-refractivity contribution < 1.29 is 14.3 Å². The van der Waals surface area contributed by atoms with E-state index in [4.69, 9.17) is 9.47 Å². The maximum absolute atomic E-state index is 11.4. The Hall–Kier alpha value is -2.29. The van der Waals surface area contributed by atoms with Crippen LogP contribution < -0.4 is 9.47 Å². The average molecular weight is 256 g/mol. The van der Waals surface area contributed by atoms with Gasteiger partial charge in [0, 0.05) is 5.56 Å². The molecule has 3 nitrogen and oxygen atoms in total. The van der Waals surface area contributed by atoms with Crippen LogP contribution in [0.15, 0.2) is 36.4 Å². The monoisotopic (exact) mass is 256 g/mol. The van der Waals surface area contributed by atoms with Crippen LogP contribution in [-0.4, -0.2) is 20.5 Å². The first kappa shape index (κ1) is 13.1. The molecule has 0 radical (unpaired) electrons. The highest BCUT2D eigenvalue weighted by atomic mass is 16.5. The van der Waals surface area contributed by atoms with Gasteiger partial charge in [-0.2, -0.15) is 0 Å². The van der Waals surface area contributed by atoms with Gasteiger partial charge in [0.05, 0.1) is 19.8 Å². The van der Waals surface area contributed by atoms with E-state index in [1.165, 1.54) is 0 Å². The van der Waals surface area contributed by atoms with Crippen molar-refractivity contribution in [1.82, 2.24) is 0 Å². The summed E-state index contributed by atoms with van der Waals surface area (Å²) in [6.07, 6.45) is 0.827. The SMILES string of the molecule is COc1cc(-c2ccccc2)c(C=O)c(OC)c1C. The van der Waals surface area contributed by atoms with Gasteiger partial charge in [-0.3, -0.25) is 4.79 Å². The minimum absolute atomic E-state index is 0.548. The largest absolute Gasteiger partial charge is 0.496 e. The van der Waals surface area contributed by atoms with Gasteiger partial charge in [-0.15, -0.1) is 0 Å². The van der Waals surface area contributed by atoms with E-state index in [0.717, 1.165) is 23.0 Å². The summed E-state index contributed by atoms with van der Waals surface area (Å²) >= 11 is 0. The van der Waals surface area contributed by atoms with Gasteiger partial charge in [0.2, 0.25) is 0 Å². The normalized spacial score (nSPS) is 10.1. The van der Waals surface area contributed by atoms with E-state index in [0.29, 0.717) is 17.1 Å². The predicted molar refractivity (Wildman–Crippen MR) is 75.1 cm³/mol. The fourth-order valence-corrected chi connectivity index (χ4v) is 2.20. The van der Waals surface area contributed by atoms with Crippen LogP contribution in [0.1, 0.15) is 15.9 Å². The fourth-order valence-electron chi connectivity index (χ4n) is 2.20. The second-order valence-electron chi connectivity index (χ2n) is 4.18. The van der Waals surface area contributed by atoms with Crippen molar-refractivity contribution in [3.05, 3.63) is 47.5 Å². The van der Waals surface area contributed by atoms with Gasteiger partial charge in [0.15, 0.2) is 6.29 Å². The molecule has 2 aromatic rings. The van der Waals surface area contributed by atoms with Crippen molar-refractivity contribution in [2.45, 2.75) is 6.92 Å². The number of carbonyl (C=O) groups excluding carboxylic acids is 1. The summed E-state index contributed by atoms with van der Waals surface area (Å²) in [5.41, 5.74) is 3.15. The lowest BCUT2D eigenvalue weighted by Gasteiger charge is -2.16. The zero-order valence-corrected chi connectivity index (χ0v) is 11.3. The Bertz CT molecular complexity index is 589. The molecule has 0 saturated carbocycles. The van der Waals surface area contributed by atoms with Gasteiger partial charge in [-0.1, -0.05) is 30.3 Å². The highest BCUT2D eigenvalue weighted by Gasteiger charge is 2.17. The molecule has 2 aromatic carbocycles. The van der Waals surface area contributed by atoms with Crippen LogP contribution in [0.4, 0.5) is 0 Å². The summed E-state index contributed by atoms with van der Waals surface area (Å²) in [5, 5.41) is 0. The van der Waals surface area contributed by atoms with E-state index >= 15 is 0 Å². The number of hydrogen-bond acceptors (Lipinski definition) is 3. The molecule has 0 aliphatic rings. The summed E-state index contributed by atoms with van der Waals surface area (Å²) in [7, 11) is 3.17. The summed E-state index contributed by atoms with van der Waals surface area (Å²) in [5.74, 6) is 1.27. The molecule has 0 atom stereocenters. The maximum Gasteiger partial charge on any atom is 0.154 e. The van der Waals surface area contributed by atoms with Crippen molar-refractivity contribution in [2.24, 2.45) is 0 Å². The van der Waals surface area contributed by atoms with Gasteiger partial charge >= 0.3 is 0 Å². The highest BCUT2D eigenvalue weighted by molar-refractivity contribution is 5.92. The molecule has 0 spiro atoms. The van der Waals surface area contributed by atoms with E-state index in [1.807, 2.05) is 43.3 Å². The third-order valence-electron chi connectivity index (χ3n) is 3.15. The first-order valence-electron chi connectivity index (χ1n) is 5.99. The molecular formula is C16H16O3. The first-order chi connectivity index (χ1) is 9.22. The standard InChI is InChI=1S/C16H16O3/c1-11-15(18-2)9-13(12-7-5-4-6-8-12)14(10-17)16(11)19-3/h4-10H,1-3H3. The van der Waals surface area contributed by atoms with Crippen LogP contribution in [0.25, 0.3) is 11.1 Å². The lowest BCUT2D eigenvalue weighted by Crippen LogP contribution is -2.00. The topological polar surface area (TPSA) is 35.5 Å². The van der Waals surface area contributed by atoms with Gasteiger partial charge in [-0.05, 0) is 24.1 Å². The van der Waals surface area contributed by atoms with Crippen molar-refractivity contribution in [3.63, 3.8) is 0 Å². The van der Waals surface area contributed by atoms with E-state index in [1.54, 1.807) is 14.2 Å². The van der Waals surface area contributed by atoms with Crippen LogP contribution in [0, 0.1) is 6.92 Å². The minimum atomic E-state index is 0.548. The summed E-state index contributed by atoms with van der Waals surface area (Å²) < 4.78 is 10.7. The highest BCUT2D eigenvalue weighted by Crippen LogP contribution is 2.38. The second-order valence-corrected chi connectivity index (χ2v) is 4.18. The summed E-state index contributed by atoms with van der Waals surface area (Å²) in [6.45, 7) is 1.87. The molecule has 0 saturated heterocycles. The molecule has 98 valence electrons. The molecule has 19 heavy (non-hydrogen) atoms. The molecule has 0 fully saturated rings. The van der Waals surface area contributed by atoms with Gasteiger partial charge in [0.25, 0.3) is 0 Å². The van der Waals surface area contributed by atoms with E-state index in [2.05, 4.69) is 0 Å². The number of rotatable bonds is 4. The van der Waals surface area contributed by atoms with E-state index in [9.17, 15) is 4.79 Å². The molecule has 0 heterocycles. The smallest absolute Gasteiger partial charge is 0.154 e. The Labute approximate surface area is 112 Å². The van der Waals surface area contributed by atoms with Crippen molar-refractivity contribution in [2.75, 3.05) is 14.2 Å².